The van der Waals surface area contributed by atoms with Crippen LogP contribution in [0, 0.1) is 5.82 Å². The van der Waals surface area contributed by atoms with Crippen LogP contribution < -0.4 is 9.64 Å². The van der Waals surface area contributed by atoms with E-state index >= 15 is 0 Å². The third-order valence-electron chi connectivity index (χ3n) is 8.06. The average Bonchev–Trinajstić information content (AvgIpc) is 2.95. The monoisotopic (exact) mass is 502 g/mol. The third kappa shape index (κ3) is 5.27. The molecular formula is C31H35FN2O3. The number of rotatable bonds is 6. The predicted octanol–water partition coefficient (Wildman–Crippen LogP) is 5.78. The van der Waals surface area contributed by atoms with Gasteiger partial charge in [-0.1, -0.05) is 49.2 Å². The number of methoxy groups -OCH3 is 1. The average molecular weight is 503 g/mol. The number of halogens is 1. The number of hydrogen-bond acceptors (Lipinski definition) is 4. The molecule has 1 amide bonds. The molecule has 1 aliphatic heterocycles. The minimum Gasteiger partial charge on any atom is -0.497 e. The standard InChI is InChI=1S/C31H35FN2O3/c1-37-28-11-7-8-23(22-28)30(35)34(26-15-13-25(32)14-16-26)27-17-20-33(21-18-27)29-12-5-6-19-31(29,36)24-9-3-2-4-10-24/h2-4,7-11,13-16,22,27,29,36H,5-6,12,17-21H2,1H3/t29-,31+/m1/s1. The second-order valence-corrected chi connectivity index (χ2v) is 10.2. The van der Waals surface area contributed by atoms with Gasteiger partial charge in [-0.2, -0.15) is 0 Å². The van der Waals surface area contributed by atoms with Crippen molar-refractivity contribution in [2.24, 2.45) is 0 Å². The second kappa shape index (κ2) is 11.0. The van der Waals surface area contributed by atoms with E-state index in [0.717, 1.165) is 57.2 Å². The van der Waals surface area contributed by atoms with Crippen LogP contribution in [-0.4, -0.2) is 48.2 Å². The maximum absolute atomic E-state index is 13.8. The van der Waals surface area contributed by atoms with Crippen LogP contribution >= 0.6 is 0 Å². The molecule has 0 bridgehead atoms. The molecular weight excluding hydrogens is 467 g/mol. The van der Waals surface area contributed by atoms with E-state index in [-0.39, 0.29) is 23.8 Å². The Morgan fingerprint density at radius 1 is 0.973 bits per heavy atom. The fraction of sp³-hybridized carbons (Fsp3) is 0.387. The van der Waals surface area contributed by atoms with Crippen LogP contribution in [0.4, 0.5) is 10.1 Å². The number of hydrogen-bond donors (Lipinski definition) is 1. The summed E-state index contributed by atoms with van der Waals surface area (Å²) in [6.07, 6.45) is 5.39. The van der Waals surface area contributed by atoms with E-state index < -0.39 is 5.60 Å². The Bertz CT molecular complexity index is 1190. The predicted molar refractivity (Wildman–Crippen MR) is 143 cm³/mol. The van der Waals surface area contributed by atoms with Crippen molar-refractivity contribution in [2.75, 3.05) is 25.1 Å². The van der Waals surface area contributed by atoms with Crippen molar-refractivity contribution in [3.05, 3.63) is 95.8 Å². The van der Waals surface area contributed by atoms with Crippen LogP contribution in [0.5, 0.6) is 5.75 Å². The number of aliphatic hydroxyl groups is 1. The number of carbonyl (C=O) groups excluding carboxylic acids is 1. The largest absolute Gasteiger partial charge is 0.497 e. The van der Waals surface area contributed by atoms with Crippen molar-refractivity contribution < 1.29 is 19.0 Å². The van der Waals surface area contributed by atoms with Crippen molar-refractivity contribution >= 4 is 11.6 Å². The SMILES string of the molecule is COc1cccc(C(=O)N(c2ccc(F)cc2)C2CCN([C@@H]3CCCC[C@]3(O)c3ccccc3)CC2)c1. The fourth-order valence-electron chi connectivity index (χ4n) is 6.13. The summed E-state index contributed by atoms with van der Waals surface area (Å²) in [4.78, 5) is 18.0. The van der Waals surface area contributed by atoms with E-state index in [1.807, 2.05) is 47.4 Å². The van der Waals surface area contributed by atoms with Crippen molar-refractivity contribution in [3.8, 4) is 5.75 Å². The number of benzene rings is 3. The van der Waals surface area contributed by atoms with Crippen molar-refractivity contribution in [1.29, 1.82) is 0 Å². The van der Waals surface area contributed by atoms with Gasteiger partial charge in [-0.3, -0.25) is 9.69 Å². The minimum absolute atomic E-state index is 0.0335. The van der Waals surface area contributed by atoms with Gasteiger partial charge < -0.3 is 14.7 Å². The summed E-state index contributed by atoms with van der Waals surface area (Å²) >= 11 is 0. The van der Waals surface area contributed by atoms with Crippen LogP contribution in [0.15, 0.2) is 78.9 Å². The number of ether oxygens (including phenoxy) is 1. The zero-order chi connectivity index (χ0) is 25.8. The Kier molecular flexibility index (Phi) is 7.58. The highest BCUT2D eigenvalue weighted by atomic mass is 19.1. The Hall–Kier alpha value is -3.22. The highest BCUT2D eigenvalue weighted by Crippen LogP contribution is 2.41. The van der Waals surface area contributed by atoms with E-state index in [1.165, 1.54) is 12.1 Å². The van der Waals surface area contributed by atoms with Crippen LogP contribution in [0.2, 0.25) is 0 Å². The van der Waals surface area contributed by atoms with Gasteiger partial charge in [0.25, 0.3) is 5.91 Å². The Morgan fingerprint density at radius 3 is 2.41 bits per heavy atom. The van der Waals surface area contributed by atoms with Crippen molar-refractivity contribution in [3.63, 3.8) is 0 Å². The first-order chi connectivity index (χ1) is 18.0. The molecule has 3 aromatic carbocycles. The molecule has 0 radical (unpaired) electrons. The number of anilines is 1. The summed E-state index contributed by atoms with van der Waals surface area (Å²) in [7, 11) is 1.58. The van der Waals surface area contributed by atoms with E-state index in [1.54, 1.807) is 31.4 Å². The summed E-state index contributed by atoms with van der Waals surface area (Å²) in [5, 5.41) is 11.9. The van der Waals surface area contributed by atoms with Gasteiger partial charge >= 0.3 is 0 Å². The summed E-state index contributed by atoms with van der Waals surface area (Å²) in [6.45, 7) is 1.57. The van der Waals surface area contributed by atoms with Crippen LogP contribution in [0.1, 0.15) is 54.4 Å². The number of piperidine rings is 1. The molecule has 2 atom stereocenters. The number of amides is 1. The highest BCUT2D eigenvalue weighted by molar-refractivity contribution is 6.06. The summed E-state index contributed by atoms with van der Waals surface area (Å²) in [6, 6.07) is 23.4. The summed E-state index contributed by atoms with van der Waals surface area (Å²) < 4.78 is 19.1. The number of carbonyl (C=O) groups is 1. The quantitative estimate of drug-likeness (QED) is 0.465. The first kappa shape index (κ1) is 25.4. The molecule has 0 aromatic heterocycles. The number of likely N-dealkylation sites (tertiary alicyclic amines) is 1. The van der Waals surface area contributed by atoms with Gasteiger partial charge in [0.1, 0.15) is 17.2 Å². The first-order valence-corrected chi connectivity index (χ1v) is 13.2. The Labute approximate surface area is 218 Å². The molecule has 1 N–H and O–H groups in total. The molecule has 1 aliphatic carbocycles. The van der Waals surface area contributed by atoms with E-state index in [0.29, 0.717) is 17.0 Å². The van der Waals surface area contributed by atoms with Crippen molar-refractivity contribution in [2.45, 2.75) is 56.2 Å². The minimum atomic E-state index is -0.862. The molecule has 0 spiro atoms. The molecule has 1 saturated carbocycles. The molecule has 1 heterocycles. The maximum atomic E-state index is 13.8. The van der Waals surface area contributed by atoms with Gasteiger partial charge in [0.2, 0.25) is 0 Å². The lowest BCUT2D eigenvalue weighted by molar-refractivity contribution is -0.0850. The molecule has 2 fully saturated rings. The number of nitrogens with zero attached hydrogens (tertiary/aromatic N) is 2. The van der Waals surface area contributed by atoms with Gasteiger partial charge in [0, 0.05) is 36.4 Å². The Morgan fingerprint density at radius 2 is 1.70 bits per heavy atom. The second-order valence-electron chi connectivity index (χ2n) is 10.2. The van der Waals surface area contributed by atoms with Gasteiger partial charge in [0.05, 0.1) is 7.11 Å². The molecule has 2 aliphatic rings. The molecule has 5 nitrogen and oxygen atoms in total. The lowest BCUT2D eigenvalue weighted by Gasteiger charge is -2.49. The highest BCUT2D eigenvalue weighted by Gasteiger charge is 2.44. The molecule has 3 aromatic rings. The summed E-state index contributed by atoms with van der Waals surface area (Å²) in [5.41, 5.74) is 1.35. The molecule has 0 unspecified atom stereocenters. The van der Waals surface area contributed by atoms with Crippen LogP contribution in [0.3, 0.4) is 0 Å². The zero-order valence-corrected chi connectivity index (χ0v) is 21.4. The van der Waals surface area contributed by atoms with Gasteiger partial charge in [-0.25, -0.2) is 4.39 Å². The van der Waals surface area contributed by atoms with Gasteiger partial charge in [-0.15, -0.1) is 0 Å². The van der Waals surface area contributed by atoms with E-state index in [9.17, 15) is 14.3 Å². The molecule has 37 heavy (non-hydrogen) atoms. The lowest BCUT2D eigenvalue weighted by Crippen LogP contribution is -2.57. The zero-order valence-electron chi connectivity index (χ0n) is 21.4. The van der Waals surface area contributed by atoms with Crippen molar-refractivity contribution in [1.82, 2.24) is 4.90 Å². The van der Waals surface area contributed by atoms with E-state index in [4.69, 9.17) is 4.74 Å². The lowest BCUT2D eigenvalue weighted by atomic mass is 9.74. The summed E-state index contributed by atoms with van der Waals surface area (Å²) in [5.74, 6) is 0.171. The topological polar surface area (TPSA) is 53.0 Å². The Balaban J connectivity index is 1.38. The fourth-order valence-corrected chi connectivity index (χ4v) is 6.13. The van der Waals surface area contributed by atoms with Crippen LogP contribution in [0.25, 0.3) is 0 Å². The van der Waals surface area contributed by atoms with Gasteiger partial charge in [0.15, 0.2) is 0 Å². The third-order valence-corrected chi connectivity index (χ3v) is 8.06. The maximum Gasteiger partial charge on any atom is 0.258 e. The molecule has 194 valence electrons. The molecule has 5 rings (SSSR count). The first-order valence-electron chi connectivity index (χ1n) is 13.2. The normalized spacial score (nSPS) is 22.9. The van der Waals surface area contributed by atoms with E-state index in [2.05, 4.69) is 4.90 Å². The molecule has 1 saturated heterocycles. The van der Waals surface area contributed by atoms with Gasteiger partial charge in [-0.05, 0) is 73.7 Å². The van der Waals surface area contributed by atoms with Crippen LogP contribution in [-0.2, 0) is 5.60 Å². The smallest absolute Gasteiger partial charge is 0.258 e. The molecule has 6 heteroatoms.